The maximum Gasteiger partial charge on any atom is 0.244 e. The van der Waals surface area contributed by atoms with Crippen molar-refractivity contribution in [2.24, 2.45) is 0 Å². The molecule has 1 aliphatic rings. The monoisotopic (exact) mass is 477 g/mol. The standard InChI is InChI=1S/C20H20BrN3O4S/c1-27-17-10-16(21)19(11-18(17)28-2)29(25,26)24-8-5-13(6-9-24)15-12-23-20-14(15)4-3-7-22-20/h3-5,7,10-12H,6,8-9H2,1-2H3,(H,22,23). The normalized spacial score (nSPS) is 15.3. The van der Waals surface area contributed by atoms with Crippen LogP contribution in [0.5, 0.6) is 11.5 Å². The molecule has 29 heavy (non-hydrogen) atoms. The van der Waals surface area contributed by atoms with Crippen LogP contribution in [-0.4, -0.2) is 50.0 Å². The van der Waals surface area contributed by atoms with Gasteiger partial charge in [0.2, 0.25) is 10.0 Å². The number of aromatic nitrogens is 2. The van der Waals surface area contributed by atoms with Gasteiger partial charge >= 0.3 is 0 Å². The average molecular weight is 478 g/mol. The summed E-state index contributed by atoms with van der Waals surface area (Å²) in [6.45, 7) is 0.688. The third-order valence-electron chi connectivity index (χ3n) is 5.02. The lowest BCUT2D eigenvalue weighted by Gasteiger charge is -2.26. The summed E-state index contributed by atoms with van der Waals surface area (Å²) in [5.74, 6) is 0.834. The molecule has 1 aliphatic heterocycles. The Bertz CT molecular complexity index is 1200. The maximum absolute atomic E-state index is 13.2. The number of aromatic amines is 1. The number of halogens is 1. The van der Waals surface area contributed by atoms with E-state index < -0.39 is 10.0 Å². The third-order valence-corrected chi connectivity index (χ3v) is 7.85. The zero-order valence-corrected chi connectivity index (χ0v) is 18.4. The molecular weight excluding hydrogens is 458 g/mol. The minimum atomic E-state index is -3.70. The highest BCUT2D eigenvalue weighted by molar-refractivity contribution is 9.10. The van der Waals surface area contributed by atoms with Gasteiger partial charge in [-0.05, 0) is 46.1 Å². The van der Waals surface area contributed by atoms with Crippen molar-refractivity contribution in [3.05, 3.63) is 52.8 Å². The fourth-order valence-corrected chi connectivity index (χ4v) is 5.89. The van der Waals surface area contributed by atoms with Crippen LogP contribution in [0.1, 0.15) is 12.0 Å². The number of nitrogens with one attached hydrogen (secondary N) is 1. The van der Waals surface area contributed by atoms with E-state index in [0.29, 0.717) is 35.5 Å². The molecule has 7 nitrogen and oxygen atoms in total. The molecule has 0 unspecified atom stereocenters. The van der Waals surface area contributed by atoms with E-state index in [0.717, 1.165) is 22.2 Å². The van der Waals surface area contributed by atoms with Crippen LogP contribution >= 0.6 is 15.9 Å². The molecule has 1 N–H and O–H groups in total. The Morgan fingerprint density at radius 1 is 1.21 bits per heavy atom. The predicted molar refractivity (Wildman–Crippen MR) is 115 cm³/mol. The second-order valence-electron chi connectivity index (χ2n) is 6.58. The molecule has 0 bridgehead atoms. The first-order chi connectivity index (χ1) is 14.0. The summed E-state index contributed by atoms with van der Waals surface area (Å²) in [5, 5.41) is 1.04. The first-order valence-electron chi connectivity index (χ1n) is 8.99. The first-order valence-corrected chi connectivity index (χ1v) is 11.2. The molecule has 4 rings (SSSR count). The highest BCUT2D eigenvalue weighted by Gasteiger charge is 2.30. The van der Waals surface area contributed by atoms with Crippen molar-refractivity contribution in [3.63, 3.8) is 0 Å². The van der Waals surface area contributed by atoms with Crippen molar-refractivity contribution >= 4 is 42.6 Å². The molecular formula is C20H20BrN3O4S. The van der Waals surface area contributed by atoms with Crippen LogP contribution in [0.4, 0.5) is 0 Å². The quantitative estimate of drug-likeness (QED) is 0.603. The number of pyridine rings is 1. The second-order valence-corrected chi connectivity index (χ2v) is 9.34. The van der Waals surface area contributed by atoms with Gasteiger partial charge in [0.25, 0.3) is 0 Å². The number of sulfonamides is 1. The smallest absolute Gasteiger partial charge is 0.244 e. The number of hydrogen-bond acceptors (Lipinski definition) is 5. The third kappa shape index (κ3) is 3.54. The van der Waals surface area contributed by atoms with E-state index in [1.54, 1.807) is 12.3 Å². The van der Waals surface area contributed by atoms with E-state index in [1.165, 1.54) is 24.6 Å². The molecule has 0 fully saturated rings. The molecule has 3 heterocycles. The van der Waals surface area contributed by atoms with Crippen LogP contribution in [0.25, 0.3) is 16.6 Å². The Morgan fingerprint density at radius 3 is 2.66 bits per heavy atom. The lowest BCUT2D eigenvalue weighted by Crippen LogP contribution is -2.34. The summed E-state index contributed by atoms with van der Waals surface area (Å²) >= 11 is 3.36. The minimum absolute atomic E-state index is 0.156. The van der Waals surface area contributed by atoms with Gasteiger partial charge in [0, 0.05) is 47.0 Å². The maximum atomic E-state index is 13.2. The average Bonchev–Trinajstić information content (AvgIpc) is 3.17. The van der Waals surface area contributed by atoms with Crippen LogP contribution in [0.2, 0.25) is 0 Å². The van der Waals surface area contributed by atoms with Gasteiger partial charge in [0.15, 0.2) is 11.5 Å². The zero-order chi connectivity index (χ0) is 20.6. The Labute approximate surface area is 177 Å². The Balaban J connectivity index is 1.64. The number of hydrogen-bond donors (Lipinski definition) is 1. The molecule has 1 aromatic carbocycles. The fourth-order valence-electron chi connectivity index (χ4n) is 3.51. The molecule has 0 aliphatic carbocycles. The van der Waals surface area contributed by atoms with Crippen molar-refractivity contribution in [1.29, 1.82) is 0 Å². The molecule has 0 amide bonds. The van der Waals surface area contributed by atoms with Gasteiger partial charge in [-0.25, -0.2) is 13.4 Å². The van der Waals surface area contributed by atoms with E-state index in [1.807, 2.05) is 24.4 Å². The molecule has 2 aromatic heterocycles. The Hall–Kier alpha value is -2.36. The van der Waals surface area contributed by atoms with Crippen molar-refractivity contribution in [3.8, 4) is 11.5 Å². The minimum Gasteiger partial charge on any atom is -0.493 e. The van der Waals surface area contributed by atoms with Gasteiger partial charge in [0.05, 0.1) is 14.2 Å². The molecule has 0 spiro atoms. The van der Waals surface area contributed by atoms with Crippen molar-refractivity contribution in [1.82, 2.24) is 14.3 Å². The Kier molecular flexibility index (Phi) is 5.37. The summed E-state index contributed by atoms with van der Waals surface area (Å²) in [6.07, 6.45) is 6.25. The fraction of sp³-hybridized carbons (Fsp3) is 0.250. The Morgan fingerprint density at radius 2 is 1.97 bits per heavy atom. The van der Waals surface area contributed by atoms with Crippen molar-refractivity contribution in [2.75, 3.05) is 27.3 Å². The molecule has 3 aromatic rings. The van der Waals surface area contributed by atoms with Gasteiger partial charge in [-0.15, -0.1) is 0 Å². The van der Waals surface area contributed by atoms with Gasteiger partial charge in [0.1, 0.15) is 10.5 Å². The topological polar surface area (TPSA) is 84.5 Å². The molecule has 9 heteroatoms. The lowest BCUT2D eigenvalue weighted by molar-refractivity contribution is 0.353. The van der Waals surface area contributed by atoms with Crippen LogP contribution < -0.4 is 9.47 Å². The molecule has 0 radical (unpaired) electrons. The summed E-state index contributed by atoms with van der Waals surface area (Å²) in [4.78, 5) is 7.64. The van der Waals surface area contributed by atoms with Crippen LogP contribution in [-0.2, 0) is 10.0 Å². The van der Waals surface area contributed by atoms with Gasteiger partial charge < -0.3 is 14.5 Å². The zero-order valence-electron chi connectivity index (χ0n) is 16.0. The predicted octanol–water partition coefficient (Wildman–Crippen LogP) is 3.82. The second kappa shape index (κ2) is 7.81. The van der Waals surface area contributed by atoms with Crippen molar-refractivity contribution in [2.45, 2.75) is 11.3 Å². The summed E-state index contributed by atoms with van der Waals surface area (Å²) < 4.78 is 38.9. The summed E-state index contributed by atoms with van der Waals surface area (Å²) in [7, 11) is -0.709. The number of fused-ring (bicyclic) bond motifs is 1. The SMILES string of the molecule is COc1cc(Br)c(S(=O)(=O)N2CC=C(c3c[nH]c4ncccc34)CC2)cc1OC. The highest BCUT2D eigenvalue weighted by atomic mass is 79.9. The number of rotatable bonds is 5. The van der Waals surface area contributed by atoms with E-state index in [4.69, 9.17) is 9.47 Å². The number of nitrogens with zero attached hydrogens (tertiary/aromatic N) is 2. The van der Waals surface area contributed by atoms with Crippen LogP contribution in [0, 0.1) is 0 Å². The van der Waals surface area contributed by atoms with Gasteiger partial charge in [-0.1, -0.05) is 6.08 Å². The van der Waals surface area contributed by atoms with E-state index in [2.05, 4.69) is 25.9 Å². The number of benzene rings is 1. The largest absolute Gasteiger partial charge is 0.493 e. The summed E-state index contributed by atoms with van der Waals surface area (Å²) in [5.41, 5.74) is 3.01. The van der Waals surface area contributed by atoms with E-state index in [9.17, 15) is 8.42 Å². The van der Waals surface area contributed by atoms with Crippen LogP contribution in [0.3, 0.4) is 0 Å². The van der Waals surface area contributed by atoms with Crippen LogP contribution in [0.15, 0.2) is 52.1 Å². The molecule has 0 atom stereocenters. The van der Waals surface area contributed by atoms with Crippen molar-refractivity contribution < 1.29 is 17.9 Å². The first kappa shape index (κ1) is 19.9. The van der Waals surface area contributed by atoms with Gasteiger partial charge in [-0.3, -0.25) is 0 Å². The number of H-pyrrole nitrogens is 1. The number of methoxy groups -OCH3 is 2. The highest BCUT2D eigenvalue weighted by Crippen LogP contribution is 2.38. The summed E-state index contributed by atoms with van der Waals surface area (Å²) in [6, 6.07) is 7.01. The molecule has 0 saturated heterocycles. The van der Waals surface area contributed by atoms with E-state index in [-0.39, 0.29) is 4.90 Å². The molecule has 152 valence electrons. The lowest BCUT2D eigenvalue weighted by atomic mass is 10.0. The molecule has 0 saturated carbocycles. The van der Waals surface area contributed by atoms with E-state index >= 15 is 0 Å². The van der Waals surface area contributed by atoms with Gasteiger partial charge in [-0.2, -0.15) is 4.31 Å². The number of ether oxygens (including phenoxy) is 2.